The van der Waals surface area contributed by atoms with E-state index in [4.69, 9.17) is 9.40 Å². The number of fused-ring (bicyclic) bond motifs is 6. The monoisotopic (exact) mass is 424 g/mol. The number of para-hydroxylation sites is 2. The number of rotatable bonds is 2. The van der Waals surface area contributed by atoms with Gasteiger partial charge in [-0.2, -0.15) is 0 Å². The van der Waals surface area contributed by atoms with E-state index >= 15 is 0 Å². The second-order valence-electron chi connectivity index (χ2n) is 8.49. The second kappa shape index (κ2) is 6.81. The molecule has 7 aromatic rings. The van der Waals surface area contributed by atoms with Crippen molar-refractivity contribution in [3.8, 4) is 17.1 Å². The van der Waals surface area contributed by atoms with Crippen LogP contribution in [-0.2, 0) is 0 Å². The molecule has 0 N–H and O–H groups in total. The summed E-state index contributed by atoms with van der Waals surface area (Å²) in [6.07, 6.45) is 0. The average Bonchev–Trinajstić information content (AvgIpc) is 3.44. The number of hydrogen-bond donors (Lipinski definition) is 0. The maximum absolute atomic E-state index is 6.44. The van der Waals surface area contributed by atoms with Crippen LogP contribution in [0.1, 0.15) is 5.56 Å². The third-order valence-corrected chi connectivity index (χ3v) is 6.53. The van der Waals surface area contributed by atoms with Gasteiger partial charge >= 0.3 is 0 Å². The van der Waals surface area contributed by atoms with Crippen LogP contribution in [0.25, 0.3) is 60.8 Å². The Labute approximate surface area is 190 Å². The quantitative estimate of drug-likeness (QED) is 0.281. The molecule has 7 rings (SSSR count). The fraction of sp³-hybridized carbons (Fsp3) is 0.0333. The Hall–Kier alpha value is -4.37. The van der Waals surface area contributed by atoms with Gasteiger partial charge in [0.1, 0.15) is 17.0 Å². The second-order valence-corrected chi connectivity index (χ2v) is 8.49. The Morgan fingerprint density at radius 3 is 2.33 bits per heavy atom. The van der Waals surface area contributed by atoms with Gasteiger partial charge in [0, 0.05) is 21.8 Å². The number of furan rings is 1. The molecular weight excluding hydrogens is 404 g/mol. The van der Waals surface area contributed by atoms with Gasteiger partial charge < -0.3 is 4.42 Å². The lowest BCUT2D eigenvalue weighted by molar-refractivity contribution is 0.669. The van der Waals surface area contributed by atoms with Gasteiger partial charge in [0.25, 0.3) is 0 Å². The first-order valence-corrected chi connectivity index (χ1v) is 11.2. The highest BCUT2D eigenvalue weighted by Gasteiger charge is 2.21. The van der Waals surface area contributed by atoms with E-state index in [0.717, 1.165) is 50.0 Å². The van der Waals surface area contributed by atoms with Crippen LogP contribution in [0.15, 0.2) is 108 Å². The van der Waals surface area contributed by atoms with Crippen LogP contribution in [0.2, 0.25) is 0 Å². The van der Waals surface area contributed by atoms with Crippen molar-refractivity contribution in [3.05, 3.63) is 109 Å². The molecule has 0 radical (unpaired) electrons. The largest absolute Gasteiger partial charge is 0.455 e. The van der Waals surface area contributed by atoms with Crippen LogP contribution in [0.4, 0.5) is 0 Å². The Morgan fingerprint density at radius 2 is 1.45 bits per heavy atom. The third kappa shape index (κ3) is 2.60. The van der Waals surface area contributed by atoms with Crippen molar-refractivity contribution in [1.29, 1.82) is 0 Å². The smallest absolute Gasteiger partial charge is 0.149 e. The van der Waals surface area contributed by atoms with Crippen molar-refractivity contribution in [1.82, 2.24) is 9.55 Å². The van der Waals surface area contributed by atoms with Crippen molar-refractivity contribution in [2.45, 2.75) is 6.92 Å². The van der Waals surface area contributed by atoms with Crippen LogP contribution < -0.4 is 0 Å². The summed E-state index contributed by atoms with van der Waals surface area (Å²) in [5.41, 5.74) is 7.14. The molecule has 0 aliphatic heterocycles. The molecule has 0 fully saturated rings. The van der Waals surface area contributed by atoms with Gasteiger partial charge in [-0.25, -0.2) is 4.98 Å². The number of aromatic nitrogens is 2. The number of imidazole rings is 1. The summed E-state index contributed by atoms with van der Waals surface area (Å²) < 4.78 is 8.71. The first-order chi connectivity index (χ1) is 16.3. The standard InChI is InChI=1S/C30H20N2O/c1-19-15-17-24(29-27(19)23-13-7-8-14-26(23)33-29)30-31-25-18-16-20-9-5-6-12-22(20)28(25)32(30)21-10-3-2-4-11-21/h2-18H,1H3. The highest BCUT2D eigenvalue weighted by atomic mass is 16.3. The first-order valence-electron chi connectivity index (χ1n) is 11.2. The Kier molecular flexibility index (Phi) is 3.76. The molecule has 0 amide bonds. The number of hydrogen-bond acceptors (Lipinski definition) is 2. The minimum Gasteiger partial charge on any atom is -0.455 e. The summed E-state index contributed by atoms with van der Waals surface area (Å²) in [7, 11) is 0. The Morgan fingerprint density at radius 1 is 0.697 bits per heavy atom. The molecule has 0 spiro atoms. The lowest BCUT2D eigenvalue weighted by Gasteiger charge is -2.11. The van der Waals surface area contributed by atoms with E-state index in [2.05, 4.69) is 96.4 Å². The molecule has 156 valence electrons. The molecule has 33 heavy (non-hydrogen) atoms. The molecule has 3 heteroatoms. The lowest BCUT2D eigenvalue weighted by atomic mass is 10.0. The van der Waals surface area contributed by atoms with Crippen molar-refractivity contribution < 1.29 is 4.42 Å². The normalized spacial score (nSPS) is 11.8. The highest BCUT2D eigenvalue weighted by molar-refractivity contribution is 6.12. The molecule has 5 aromatic carbocycles. The SMILES string of the molecule is Cc1ccc(-c2nc3ccc4ccccc4c3n2-c2ccccc2)c2oc3ccccc3c12. The summed E-state index contributed by atoms with van der Waals surface area (Å²) in [5.74, 6) is 0.886. The number of nitrogens with zero attached hydrogens (tertiary/aromatic N) is 2. The van der Waals surface area contributed by atoms with Crippen LogP contribution in [0, 0.1) is 6.92 Å². The van der Waals surface area contributed by atoms with E-state index in [-0.39, 0.29) is 0 Å². The van der Waals surface area contributed by atoms with Gasteiger partial charge in [-0.15, -0.1) is 0 Å². The zero-order valence-electron chi connectivity index (χ0n) is 18.1. The van der Waals surface area contributed by atoms with Gasteiger partial charge in [-0.3, -0.25) is 4.57 Å². The minimum absolute atomic E-state index is 0.882. The molecule has 3 nitrogen and oxygen atoms in total. The predicted octanol–water partition coefficient (Wildman–Crippen LogP) is 8.05. The Balaban J connectivity index is 1.67. The third-order valence-electron chi connectivity index (χ3n) is 6.53. The highest BCUT2D eigenvalue weighted by Crippen LogP contribution is 2.40. The van der Waals surface area contributed by atoms with Crippen LogP contribution in [0.3, 0.4) is 0 Å². The van der Waals surface area contributed by atoms with E-state index in [0.29, 0.717) is 0 Å². The summed E-state index contributed by atoms with van der Waals surface area (Å²) in [6, 6.07) is 35.8. The topological polar surface area (TPSA) is 31.0 Å². The number of benzene rings is 5. The Bertz CT molecular complexity index is 1820. The van der Waals surface area contributed by atoms with Crippen molar-refractivity contribution >= 4 is 43.7 Å². The van der Waals surface area contributed by atoms with Gasteiger partial charge in [0.2, 0.25) is 0 Å². The van der Waals surface area contributed by atoms with Gasteiger partial charge in [-0.05, 0) is 48.2 Å². The maximum Gasteiger partial charge on any atom is 0.149 e. The van der Waals surface area contributed by atoms with E-state index in [9.17, 15) is 0 Å². The molecule has 2 aromatic heterocycles. The summed E-state index contributed by atoms with van der Waals surface area (Å²) in [5, 5.41) is 4.68. The minimum atomic E-state index is 0.882. The fourth-order valence-electron chi connectivity index (χ4n) is 5.02. The van der Waals surface area contributed by atoms with Crippen LogP contribution in [-0.4, -0.2) is 9.55 Å². The molecule has 0 saturated carbocycles. The zero-order valence-corrected chi connectivity index (χ0v) is 18.1. The van der Waals surface area contributed by atoms with Crippen molar-refractivity contribution in [2.75, 3.05) is 0 Å². The van der Waals surface area contributed by atoms with Crippen molar-refractivity contribution in [3.63, 3.8) is 0 Å². The van der Waals surface area contributed by atoms with E-state index in [1.54, 1.807) is 0 Å². The zero-order chi connectivity index (χ0) is 21.9. The summed E-state index contributed by atoms with van der Waals surface area (Å²) >= 11 is 0. The van der Waals surface area contributed by atoms with Crippen LogP contribution >= 0.6 is 0 Å². The molecule has 2 heterocycles. The van der Waals surface area contributed by atoms with E-state index in [1.165, 1.54) is 16.3 Å². The molecule has 0 unspecified atom stereocenters. The fourth-order valence-corrected chi connectivity index (χ4v) is 5.02. The summed E-state index contributed by atoms with van der Waals surface area (Å²) in [6.45, 7) is 2.14. The molecule has 0 bridgehead atoms. The maximum atomic E-state index is 6.44. The molecule has 0 saturated heterocycles. The molecule has 0 atom stereocenters. The average molecular weight is 425 g/mol. The van der Waals surface area contributed by atoms with Crippen molar-refractivity contribution in [2.24, 2.45) is 0 Å². The molecule has 0 aliphatic carbocycles. The first kappa shape index (κ1) is 18.2. The molecular formula is C30H20N2O. The van der Waals surface area contributed by atoms with Crippen LogP contribution in [0.5, 0.6) is 0 Å². The van der Waals surface area contributed by atoms with E-state index in [1.807, 2.05) is 18.2 Å². The lowest BCUT2D eigenvalue weighted by Crippen LogP contribution is -1.98. The predicted molar refractivity (Wildman–Crippen MR) is 136 cm³/mol. The molecule has 0 aliphatic rings. The van der Waals surface area contributed by atoms with Gasteiger partial charge in [0.05, 0.1) is 16.6 Å². The van der Waals surface area contributed by atoms with Gasteiger partial charge in [-0.1, -0.05) is 72.8 Å². The number of aryl methyl sites for hydroxylation is 1. The summed E-state index contributed by atoms with van der Waals surface area (Å²) in [4.78, 5) is 5.16. The van der Waals surface area contributed by atoms with Gasteiger partial charge in [0.15, 0.2) is 0 Å². The van der Waals surface area contributed by atoms with E-state index < -0.39 is 0 Å².